The second-order valence-electron chi connectivity index (χ2n) is 5.49. The smallest absolute Gasteiger partial charge is 0.336 e. The molecular weight excluding hydrogens is 328 g/mol. The summed E-state index contributed by atoms with van der Waals surface area (Å²) < 4.78 is 10.3. The van der Waals surface area contributed by atoms with Gasteiger partial charge >= 0.3 is 5.97 Å². The molecule has 0 bridgehead atoms. The highest BCUT2D eigenvalue weighted by atomic mass is 16.6. The molecule has 1 aliphatic rings. The number of amides is 1. The van der Waals surface area contributed by atoms with E-state index in [9.17, 15) is 19.7 Å². The lowest BCUT2D eigenvalue weighted by Gasteiger charge is -2.26. The first-order chi connectivity index (χ1) is 12.0. The van der Waals surface area contributed by atoms with Crippen LogP contribution in [0, 0.1) is 10.1 Å². The molecule has 25 heavy (non-hydrogen) atoms. The van der Waals surface area contributed by atoms with Gasteiger partial charge in [-0.3, -0.25) is 14.9 Å². The van der Waals surface area contributed by atoms with Gasteiger partial charge in [0.1, 0.15) is 6.61 Å². The second kappa shape index (κ2) is 8.39. The van der Waals surface area contributed by atoms with Crippen LogP contribution in [-0.4, -0.2) is 36.6 Å². The lowest BCUT2D eigenvalue weighted by atomic mass is 9.83. The molecule has 2 rings (SSSR count). The number of allylic oxidation sites excluding steroid dienone is 1. The fourth-order valence-electron chi connectivity index (χ4n) is 2.80. The van der Waals surface area contributed by atoms with E-state index in [1.807, 2.05) is 6.92 Å². The van der Waals surface area contributed by atoms with Crippen molar-refractivity contribution in [2.75, 3.05) is 19.8 Å². The molecule has 8 heteroatoms. The lowest BCUT2D eigenvalue weighted by molar-refractivity contribution is -0.385. The van der Waals surface area contributed by atoms with Gasteiger partial charge in [-0.05, 0) is 13.8 Å². The molecule has 0 aromatic heterocycles. The van der Waals surface area contributed by atoms with Crippen molar-refractivity contribution >= 4 is 17.6 Å². The summed E-state index contributed by atoms with van der Waals surface area (Å²) in [6.07, 6.45) is -0.0575. The van der Waals surface area contributed by atoms with Crippen molar-refractivity contribution < 1.29 is 24.0 Å². The Morgan fingerprint density at radius 1 is 1.36 bits per heavy atom. The van der Waals surface area contributed by atoms with E-state index >= 15 is 0 Å². The maximum Gasteiger partial charge on any atom is 0.336 e. The normalized spacial score (nSPS) is 17.2. The van der Waals surface area contributed by atoms with Gasteiger partial charge in [0.15, 0.2) is 0 Å². The van der Waals surface area contributed by atoms with Crippen LogP contribution in [0.5, 0.6) is 0 Å². The lowest BCUT2D eigenvalue weighted by Crippen LogP contribution is -2.34. The van der Waals surface area contributed by atoms with E-state index in [2.05, 4.69) is 5.32 Å². The van der Waals surface area contributed by atoms with E-state index in [0.717, 1.165) is 0 Å². The van der Waals surface area contributed by atoms with Crippen LogP contribution in [0.4, 0.5) is 5.69 Å². The average Bonchev–Trinajstić information content (AvgIpc) is 2.57. The number of carbonyl (C=O) groups excluding carboxylic acids is 2. The number of ether oxygens (including phenoxy) is 2. The SMILES string of the molecule is CCOCCOC(=O)C1=C(C)NC(=O)C[C@H]1c1ccccc1[N+](=O)[O-]. The predicted octanol–water partition coefficient (Wildman–Crippen LogP) is 2.05. The Bertz CT molecular complexity index is 713. The van der Waals surface area contributed by atoms with Crippen LogP contribution >= 0.6 is 0 Å². The summed E-state index contributed by atoms with van der Waals surface area (Å²) in [7, 11) is 0. The number of hydrogen-bond acceptors (Lipinski definition) is 6. The molecule has 1 aromatic carbocycles. The van der Waals surface area contributed by atoms with Gasteiger partial charge in [0.2, 0.25) is 5.91 Å². The van der Waals surface area contributed by atoms with Gasteiger partial charge in [0, 0.05) is 36.3 Å². The summed E-state index contributed by atoms with van der Waals surface area (Å²) in [5.41, 5.74) is 0.763. The van der Waals surface area contributed by atoms with Crippen LogP contribution < -0.4 is 5.32 Å². The summed E-state index contributed by atoms with van der Waals surface area (Å²) in [5.74, 6) is -1.64. The molecule has 1 heterocycles. The third kappa shape index (κ3) is 4.42. The fourth-order valence-corrected chi connectivity index (χ4v) is 2.80. The number of nitro benzene ring substituents is 1. The minimum atomic E-state index is -0.727. The highest BCUT2D eigenvalue weighted by molar-refractivity contribution is 5.96. The second-order valence-corrected chi connectivity index (χ2v) is 5.49. The van der Waals surface area contributed by atoms with Gasteiger partial charge in [-0.2, -0.15) is 0 Å². The van der Waals surface area contributed by atoms with E-state index in [4.69, 9.17) is 9.47 Å². The maximum absolute atomic E-state index is 12.5. The molecule has 0 spiro atoms. The number of esters is 1. The van der Waals surface area contributed by atoms with Crippen LogP contribution in [0.25, 0.3) is 0 Å². The Morgan fingerprint density at radius 3 is 2.76 bits per heavy atom. The van der Waals surface area contributed by atoms with E-state index in [-0.39, 0.29) is 36.8 Å². The zero-order valence-corrected chi connectivity index (χ0v) is 14.1. The first-order valence-corrected chi connectivity index (χ1v) is 7.94. The molecule has 0 saturated carbocycles. The third-order valence-electron chi connectivity index (χ3n) is 3.86. The molecule has 0 aliphatic carbocycles. The van der Waals surface area contributed by atoms with Crippen molar-refractivity contribution in [3.63, 3.8) is 0 Å². The molecule has 0 saturated heterocycles. The van der Waals surface area contributed by atoms with E-state index in [0.29, 0.717) is 17.9 Å². The monoisotopic (exact) mass is 348 g/mol. The first kappa shape index (κ1) is 18.6. The van der Waals surface area contributed by atoms with Crippen molar-refractivity contribution in [2.45, 2.75) is 26.2 Å². The van der Waals surface area contributed by atoms with Gasteiger partial charge in [0.05, 0.1) is 17.1 Å². The Kier molecular flexibility index (Phi) is 6.24. The first-order valence-electron chi connectivity index (χ1n) is 7.94. The van der Waals surface area contributed by atoms with Crippen LogP contribution in [0.1, 0.15) is 31.7 Å². The van der Waals surface area contributed by atoms with Gasteiger partial charge < -0.3 is 14.8 Å². The molecule has 134 valence electrons. The van der Waals surface area contributed by atoms with E-state index < -0.39 is 16.8 Å². The van der Waals surface area contributed by atoms with Gasteiger partial charge in [-0.1, -0.05) is 18.2 Å². The van der Waals surface area contributed by atoms with E-state index in [1.165, 1.54) is 6.07 Å². The number of nitro groups is 1. The minimum Gasteiger partial charge on any atom is -0.460 e. The topological polar surface area (TPSA) is 108 Å². The molecular formula is C17H20N2O6. The summed E-state index contributed by atoms with van der Waals surface area (Å²) >= 11 is 0. The molecule has 0 unspecified atom stereocenters. The Hall–Kier alpha value is -2.74. The highest BCUT2D eigenvalue weighted by Gasteiger charge is 2.36. The number of hydrogen-bond donors (Lipinski definition) is 1. The average molecular weight is 348 g/mol. The summed E-state index contributed by atoms with van der Waals surface area (Å²) in [6.45, 7) is 4.25. The van der Waals surface area contributed by atoms with Crippen molar-refractivity contribution in [1.29, 1.82) is 0 Å². The number of rotatable bonds is 7. The Balaban J connectivity index is 2.34. The largest absolute Gasteiger partial charge is 0.460 e. The molecule has 0 radical (unpaired) electrons. The standard InChI is InChI=1S/C17H20N2O6/c1-3-24-8-9-25-17(21)16-11(2)18-15(20)10-13(16)12-6-4-5-7-14(12)19(22)23/h4-7,13H,3,8-10H2,1-2H3,(H,18,20)/t13-/m0/s1. The fraction of sp³-hybridized carbons (Fsp3) is 0.412. The zero-order valence-electron chi connectivity index (χ0n) is 14.1. The summed E-state index contributed by atoms with van der Waals surface area (Å²) in [4.78, 5) is 35.2. The zero-order chi connectivity index (χ0) is 18.4. The van der Waals surface area contributed by atoms with Crippen LogP contribution in [0.2, 0.25) is 0 Å². The summed E-state index contributed by atoms with van der Waals surface area (Å²) in [6, 6.07) is 6.10. The van der Waals surface area contributed by atoms with Crippen LogP contribution in [-0.2, 0) is 19.1 Å². The highest BCUT2D eigenvalue weighted by Crippen LogP contribution is 2.37. The third-order valence-corrected chi connectivity index (χ3v) is 3.86. The van der Waals surface area contributed by atoms with Crippen molar-refractivity contribution in [1.82, 2.24) is 5.32 Å². The van der Waals surface area contributed by atoms with Crippen molar-refractivity contribution in [3.05, 3.63) is 51.2 Å². The number of carbonyl (C=O) groups is 2. The van der Waals surface area contributed by atoms with Gasteiger partial charge in [0.25, 0.3) is 5.69 Å². The molecule has 0 fully saturated rings. The van der Waals surface area contributed by atoms with Crippen molar-refractivity contribution in [3.8, 4) is 0 Å². The van der Waals surface area contributed by atoms with Crippen LogP contribution in [0.15, 0.2) is 35.5 Å². The van der Waals surface area contributed by atoms with Gasteiger partial charge in [-0.15, -0.1) is 0 Å². The maximum atomic E-state index is 12.5. The Labute approximate surface area is 145 Å². The quantitative estimate of drug-likeness (QED) is 0.350. The molecule has 1 amide bonds. The molecule has 1 aliphatic heterocycles. The molecule has 1 N–H and O–H groups in total. The molecule has 8 nitrogen and oxygen atoms in total. The van der Waals surface area contributed by atoms with E-state index in [1.54, 1.807) is 25.1 Å². The van der Waals surface area contributed by atoms with Crippen LogP contribution in [0.3, 0.4) is 0 Å². The van der Waals surface area contributed by atoms with Crippen molar-refractivity contribution in [2.24, 2.45) is 0 Å². The number of nitrogens with zero attached hydrogens (tertiary/aromatic N) is 1. The van der Waals surface area contributed by atoms with Gasteiger partial charge in [-0.25, -0.2) is 4.79 Å². The summed E-state index contributed by atoms with van der Waals surface area (Å²) in [5, 5.41) is 13.9. The molecule has 1 atom stereocenters. The Morgan fingerprint density at radius 2 is 2.08 bits per heavy atom. The number of benzene rings is 1. The number of nitrogens with one attached hydrogen (secondary N) is 1. The minimum absolute atomic E-state index is 0.0575. The number of para-hydroxylation sites is 1. The predicted molar refractivity (Wildman–Crippen MR) is 88.7 cm³/mol. The molecule has 1 aromatic rings.